The van der Waals surface area contributed by atoms with Crippen molar-refractivity contribution < 1.29 is 4.79 Å². The first-order valence-electron chi connectivity index (χ1n) is 6.95. The van der Waals surface area contributed by atoms with Gasteiger partial charge in [0.2, 0.25) is 11.9 Å². The number of hydrogen-bond donors (Lipinski definition) is 0. The van der Waals surface area contributed by atoms with Crippen molar-refractivity contribution in [2.45, 2.75) is 24.9 Å². The molecule has 2 fully saturated rings. The predicted molar refractivity (Wildman–Crippen MR) is 75.7 cm³/mol. The number of anilines is 2. The van der Waals surface area contributed by atoms with Crippen molar-refractivity contribution in [3.63, 3.8) is 0 Å². The van der Waals surface area contributed by atoms with Crippen LogP contribution in [0.4, 0.5) is 11.6 Å². The number of carbonyl (C=O) groups is 1. The summed E-state index contributed by atoms with van der Waals surface area (Å²) < 4.78 is 0. The Hall–Kier alpha value is -2.57. The minimum Gasteiger partial charge on any atom is -0.335 e. The van der Waals surface area contributed by atoms with Gasteiger partial charge in [0.15, 0.2) is 0 Å². The van der Waals surface area contributed by atoms with Crippen LogP contribution in [0.5, 0.6) is 0 Å². The average Bonchev–Trinajstić information content (AvgIpc) is 3.06. The molecule has 2 atom stereocenters. The van der Waals surface area contributed by atoms with Gasteiger partial charge >= 0.3 is 0 Å². The first kappa shape index (κ1) is 12.2. The largest absolute Gasteiger partial charge is 0.335 e. The van der Waals surface area contributed by atoms with Crippen molar-refractivity contribution in [3.05, 3.63) is 37.2 Å². The molecule has 2 aromatic heterocycles. The SMILES string of the molecule is O=C1C[C@H]2[C@@H](CCN2c2ncccn2)N1c1cncnc1. The Morgan fingerprint density at radius 3 is 2.62 bits per heavy atom. The molecule has 0 bridgehead atoms. The molecule has 2 aromatic rings. The average molecular weight is 282 g/mol. The normalized spacial score (nSPS) is 24.5. The Morgan fingerprint density at radius 2 is 1.86 bits per heavy atom. The van der Waals surface area contributed by atoms with Gasteiger partial charge in [-0.3, -0.25) is 4.79 Å². The number of aromatic nitrogens is 4. The van der Waals surface area contributed by atoms with Crippen molar-refractivity contribution >= 4 is 17.5 Å². The van der Waals surface area contributed by atoms with Crippen LogP contribution in [0.1, 0.15) is 12.8 Å². The molecular weight excluding hydrogens is 268 g/mol. The lowest BCUT2D eigenvalue weighted by atomic mass is 10.1. The fraction of sp³-hybridized carbons (Fsp3) is 0.357. The summed E-state index contributed by atoms with van der Waals surface area (Å²) in [5.74, 6) is 0.810. The van der Waals surface area contributed by atoms with E-state index in [1.807, 2.05) is 4.90 Å². The molecule has 2 aliphatic heterocycles. The summed E-state index contributed by atoms with van der Waals surface area (Å²) in [6.45, 7) is 0.858. The van der Waals surface area contributed by atoms with Crippen LogP contribution in [0.3, 0.4) is 0 Å². The van der Waals surface area contributed by atoms with Gasteiger partial charge in [-0.2, -0.15) is 0 Å². The Kier molecular flexibility index (Phi) is 2.77. The summed E-state index contributed by atoms with van der Waals surface area (Å²) in [7, 11) is 0. The number of fused-ring (bicyclic) bond motifs is 1. The van der Waals surface area contributed by atoms with Crippen LogP contribution in [0, 0.1) is 0 Å². The molecule has 4 heterocycles. The van der Waals surface area contributed by atoms with Gasteiger partial charge in [-0.1, -0.05) is 0 Å². The highest BCUT2D eigenvalue weighted by molar-refractivity contribution is 5.97. The van der Waals surface area contributed by atoms with Crippen molar-refractivity contribution in [1.29, 1.82) is 0 Å². The Labute approximate surface area is 121 Å². The number of carbonyl (C=O) groups excluding carboxylic acids is 1. The Bertz CT molecular complexity index is 649. The summed E-state index contributed by atoms with van der Waals surface area (Å²) in [6.07, 6.45) is 9.70. The molecule has 0 N–H and O–H groups in total. The third-order valence-corrected chi connectivity index (χ3v) is 4.13. The molecule has 0 aliphatic carbocycles. The molecule has 0 saturated carbocycles. The zero-order valence-corrected chi connectivity index (χ0v) is 11.3. The van der Waals surface area contributed by atoms with E-state index in [0.29, 0.717) is 12.4 Å². The second-order valence-corrected chi connectivity index (χ2v) is 5.23. The molecule has 0 radical (unpaired) electrons. The van der Waals surface area contributed by atoms with Gasteiger partial charge in [0.25, 0.3) is 0 Å². The highest BCUT2D eigenvalue weighted by atomic mass is 16.2. The molecule has 106 valence electrons. The van der Waals surface area contributed by atoms with E-state index in [1.165, 1.54) is 6.33 Å². The zero-order valence-electron chi connectivity index (χ0n) is 11.3. The fourth-order valence-electron chi connectivity index (χ4n) is 3.29. The molecule has 0 spiro atoms. The summed E-state index contributed by atoms with van der Waals surface area (Å²) >= 11 is 0. The van der Waals surface area contributed by atoms with Gasteiger partial charge in [-0.05, 0) is 12.5 Å². The number of amides is 1. The van der Waals surface area contributed by atoms with E-state index in [1.54, 1.807) is 30.9 Å². The maximum absolute atomic E-state index is 12.4. The van der Waals surface area contributed by atoms with Crippen LogP contribution >= 0.6 is 0 Å². The topological polar surface area (TPSA) is 75.1 Å². The maximum Gasteiger partial charge on any atom is 0.229 e. The monoisotopic (exact) mass is 282 g/mol. The van der Waals surface area contributed by atoms with E-state index < -0.39 is 0 Å². The number of rotatable bonds is 2. The van der Waals surface area contributed by atoms with Gasteiger partial charge in [0, 0.05) is 25.4 Å². The van der Waals surface area contributed by atoms with Gasteiger partial charge < -0.3 is 9.80 Å². The molecule has 0 unspecified atom stereocenters. The molecule has 2 aliphatic rings. The number of hydrogen-bond acceptors (Lipinski definition) is 6. The smallest absolute Gasteiger partial charge is 0.229 e. The van der Waals surface area contributed by atoms with Crippen LogP contribution in [0.25, 0.3) is 0 Å². The number of nitrogens with zero attached hydrogens (tertiary/aromatic N) is 6. The minimum absolute atomic E-state index is 0.112. The summed E-state index contributed by atoms with van der Waals surface area (Å²) in [4.78, 5) is 33.0. The third kappa shape index (κ3) is 1.93. The van der Waals surface area contributed by atoms with Crippen molar-refractivity contribution in [1.82, 2.24) is 19.9 Å². The maximum atomic E-state index is 12.4. The molecular formula is C14H14N6O. The minimum atomic E-state index is 0.112. The van der Waals surface area contributed by atoms with E-state index in [9.17, 15) is 4.79 Å². The lowest BCUT2D eigenvalue weighted by Crippen LogP contribution is -2.38. The molecule has 4 rings (SSSR count). The summed E-state index contributed by atoms with van der Waals surface area (Å²) in [5, 5.41) is 0. The van der Waals surface area contributed by atoms with E-state index >= 15 is 0 Å². The second kappa shape index (κ2) is 4.76. The quantitative estimate of drug-likeness (QED) is 0.805. The summed E-state index contributed by atoms with van der Waals surface area (Å²) in [5.41, 5.74) is 0.769. The van der Waals surface area contributed by atoms with Gasteiger partial charge in [-0.25, -0.2) is 19.9 Å². The molecule has 21 heavy (non-hydrogen) atoms. The second-order valence-electron chi connectivity index (χ2n) is 5.23. The van der Waals surface area contributed by atoms with Crippen LogP contribution in [-0.4, -0.2) is 44.5 Å². The van der Waals surface area contributed by atoms with Crippen LogP contribution < -0.4 is 9.80 Å². The van der Waals surface area contributed by atoms with Crippen molar-refractivity contribution in [3.8, 4) is 0 Å². The van der Waals surface area contributed by atoms with E-state index in [-0.39, 0.29) is 18.0 Å². The van der Waals surface area contributed by atoms with Crippen LogP contribution in [0.2, 0.25) is 0 Å². The lowest BCUT2D eigenvalue weighted by Gasteiger charge is -2.24. The van der Waals surface area contributed by atoms with Crippen LogP contribution in [0.15, 0.2) is 37.2 Å². The molecule has 7 nitrogen and oxygen atoms in total. The van der Waals surface area contributed by atoms with Crippen LogP contribution in [-0.2, 0) is 4.79 Å². The van der Waals surface area contributed by atoms with Gasteiger partial charge in [0.1, 0.15) is 6.33 Å². The molecule has 1 amide bonds. The predicted octanol–water partition coefficient (Wildman–Crippen LogP) is 0.651. The fourth-order valence-corrected chi connectivity index (χ4v) is 3.29. The summed E-state index contributed by atoms with van der Waals surface area (Å²) in [6, 6.07) is 2.07. The van der Waals surface area contributed by atoms with E-state index in [2.05, 4.69) is 24.8 Å². The van der Waals surface area contributed by atoms with Crippen molar-refractivity contribution in [2.75, 3.05) is 16.3 Å². The van der Waals surface area contributed by atoms with E-state index in [0.717, 1.165) is 18.7 Å². The van der Waals surface area contributed by atoms with E-state index in [4.69, 9.17) is 0 Å². The van der Waals surface area contributed by atoms with Crippen molar-refractivity contribution in [2.24, 2.45) is 0 Å². The Balaban J connectivity index is 1.65. The third-order valence-electron chi connectivity index (χ3n) is 4.13. The van der Waals surface area contributed by atoms with Gasteiger partial charge in [0.05, 0.1) is 30.2 Å². The molecule has 0 aromatic carbocycles. The zero-order chi connectivity index (χ0) is 14.2. The lowest BCUT2D eigenvalue weighted by molar-refractivity contribution is -0.117. The highest BCUT2D eigenvalue weighted by Gasteiger charge is 2.48. The highest BCUT2D eigenvalue weighted by Crippen LogP contribution is 2.36. The first-order valence-corrected chi connectivity index (χ1v) is 6.95. The van der Waals surface area contributed by atoms with Gasteiger partial charge in [-0.15, -0.1) is 0 Å². The molecule has 7 heteroatoms. The standard InChI is InChI=1S/C14H14N6O/c21-13-6-12-11(20(13)10-7-15-9-16-8-10)2-5-19(12)14-17-3-1-4-18-14/h1,3-4,7-9,11-12H,2,5-6H2/t11-,12+/m1/s1. The molecule has 2 saturated heterocycles. The first-order chi connectivity index (χ1) is 10.3. The Morgan fingerprint density at radius 1 is 1.10 bits per heavy atom.